The monoisotopic (exact) mass is 277 g/mol. The van der Waals surface area contributed by atoms with Gasteiger partial charge in [0.25, 0.3) is 5.91 Å². The third kappa shape index (κ3) is 4.46. The van der Waals surface area contributed by atoms with Gasteiger partial charge in [-0.05, 0) is 12.8 Å². The van der Waals surface area contributed by atoms with Crippen molar-refractivity contribution >= 4 is 11.7 Å². The van der Waals surface area contributed by atoms with Crippen molar-refractivity contribution in [3.05, 3.63) is 35.4 Å². The van der Waals surface area contributed by atoms with Crippen LogP contribution in [-0.2, 0) is 4.79 Å². The Morgan fingerprint density at radius 3 is 2.20 bits per heavy atom. The van der Waals surface area contributed by atoms with Crippen molar-refractivity contribution in [2.75, 3.05) is 6.54 Å². The SMILES string of the molecule is CCC(CC)C(O)CNC(=O)C(=O)c1ccc(C)cc1. The average Bonchev–Trinajstić information content (AvgIpc) is 2.46. The minimum absolute atomic E-state index is 0.114. The van der Waals surface area contributed by atoms with Crippen molar-refractivity contribution < 1.29 is 14.7 Å². The van der Waals surface area contributed by atoms with Crippen molar-refractivity contribution in [2.45, 2.75) is 39.7 Å². The maximum absolute atomic E-state index is 11.9. The number of carbonyl (C=O) groups is 2. The summed E-state index contributed by atoms with van der Waals surface area (Å²) in [5, 5.41) is 12.4. The van der Waals surface area contributed by atoms with Crippen LogP contribution in [0.2, 0.25) is 0 Å². The first-order valence-electron chi connectivity index (χ1n) is 7.06. The number of nitrogens with one attached hydrogen (secondary N) is 1. The minimum atomic E-state index is -0.668. The van der Waals surface area contributed by atoms with Gasteiger partial charge in [0.15, 0.2) is 0 Å². The lowest BCUT2D eigenvalue weighted by atomic mass is 9.96. The summed E-state index contributed by atoms with van der Waals surface area (Å²) in [5.74, 6) is -1.09. The first-order chi connectivity index (χ1) is 9.49. The molecular formula is C16H23NO3. The number of rotatable bonds is 7. The molecule has 0 saturated carbocycles. The summed E-state index contributed by atoms with van der Waals surface area (Å²) < 4.78 is 0. The van der Waals surface area contributed by atoms with Crippen LogP contribution >= 0.6 is 0 Å². The molecule has 4 heteroatoms. The van der Waals surface area contributed by atoms with Crippen molar-refractivity contribution in [1.29, 1.82) is 0 Å². The van der Waals surface area contributed by atoms with Gasteiger partial charge in [-0.2, -0.15) is 0 Å². The van der Waals surface area contributed by atoms with Gasteiger partial charge < -0.3 is 10.4 Å². The van der Waals surface area contributed by atoms with Crippen LogP contribution in [0.4, 0.5) is 0 Å². The van der Waals surface area contributed by atoms with Gasteiger partial charge in [0.1, 0.15) is 0 Å². The Hall–Kier alpha value is -1.68. The standard InChI is InChI=1S/C16H23NO3/c1-4-12(5-2)14(18)10-17-16(20)15(19)13-8-6-11(3)7-9-13/h6-9,12,14,18H,4-5,10H2,1-3H3,(H,17,20). The van der Waals surface area contributed by atoms with Gasteiger partial charge >= 0.3 is 0 Å². The lowest BCUT2D eigenvalue weighted by molar-refractivity contribution is -0.117. The molecule has 0 aliphatic rings. The zero-order valence-electron chi connectivity index (χ0n) is 12.3. The largest absolute Gasteiger partial charge is 0.391 e. The number of ketones is 1. The fourth-order valence-corrected chi connectivity index (χ4v) is 2.11. The highest BCUT2D eigenvalue weighted by molar-refractivity contribution is 6.42. The van der Waals surface area contributed by atoms with Crippen molar-refractivity contribution in [2.24, 2.45) is 5.92 Å². The van der Waals surface area contributed by atoms with E-state index in [1.54, 1.807) is 24.3 Å². The maximum atomic E-state index is 11.9. The number of hydrogen-bond acceptors (Lipinski definition) is 3. The van der Waals surface area contributed by atoms with Crippen molar-refractivity contribution in [1.82, 2.24) is 5.32 Å². The van der Waals surface area contributed by atoms with E-state index < -0.39 is 17.8 Å². The summed E-state index contributed by atoms with van der Waals surface area (Å²) in [4.78, 5) is 23.6. The van der Waals surface area contributed by atoms with Gasteiger partial charge in [-0.25, -0.2) is 0 Å². The summed E-state index contributed by atoms with van der Waals surface area (Å²) in [6, 6.07) is 6.85. The molecule has 0 bridgehead atoms. The van der Waals surface area contributed by atoms with Crippen LogP contribution in [0, 0.1) is 12.8 Å². The molecule has 1 amide bonds. The number of hydrogen-bond donors (Lipinski definition) is 2. The van der Waals surface area contributed by atoms with Gasteiger partial charge in [-0.15, -0.1) is 0 Å². The molecule has 0 heterocycles. The van der Waals surface area contributed by atoms with E-state index in [0.717, 1.165) is 18.4 Å². The predicted molar refractivity (Wildman–Crippen MR) is 78.6 cm³/mol. The number of benzene rings is 1. The summed E-state index contributed by atoms with van der Waals surface area (Å²) in [7, 11) is 0. The Bertz CT molecular complexity index is 449. The van der Waals surface area contributed by atoms with E-state index in [2.05, 4.69) is 5.32 Å². The highest BCUT2D eigenvalue weighted by Crippen LogP contribution is 2.12. The molecule has 4 nitrogen and oxygen atoms in total. The smallest absolute Gasteiger partial charge is 0.292 e. The normalized spacial score (nSPS) is 12.2. The number of carbonyl (C=O) groups excluding carboxylic acids is 2. The number of aliphatic hydroxyl groups excluding tert-OH is 1. The summed E-state index contributed by atoms with van der Waals surface area (Å²) >= 11 is 0. The highest BCUT2D eigenvalue weighted by Gasteiger charge is 2.20. The summed E-state index contributed by atoms with van der Waals surface area (Å²) in [6.45, 7) is 6.02. The molecule has 1 atom stereocenters. The Balaban J connectivity index is 2.54. The molecule has 110 valence electrons. The quantitative estimate of drug-likeness (QED) is 0.592. The molecule has 0 radical (unpaired) electrons. The zero-order valence-corrected chi connectivity index (χ0v) is 12.3. The number of Topliss-reactive ketones (excluding diaryl/α,β-unsaturated/α-hetero) is 1. The van der Waals surface area contributed by atoms with E-state index in [-0.39, 0.29) is 12.5 Å². The fraction of sp³-hybridized carbons (Fsp3) is 0.500. The van der Waals surface area contributed by atoms with E-state index >= 15 is 0 Å². The molecule has 20 heavy (non-hydrogen) atoms. The van der Waals surface area contributed by atoms with Gasteiger partial charge in [0.05, 0.1) is 6.10 Å². The Kier molecular flexibility index (Phi) is 6.39. The van der Waals surface area contributed by atoms with Crippen LogP contribution in [0.25, 0.3) is 0 Å². The van der Waals surface area contributed by atoms with E-state index in [9.17, 15) is 14.7 Å². The zero-order chi connectivity index (χ0) is 15.1. The molecule has 1 aromatic rings. The molecule has 0 spiro atoms. The predicted octanol–water partition coefficient (Wildman–Crippen LogP) is 2.09. The summed E-state index contributed by atoms with van der Waals surface area (Å²) in [5.41, 5.74) is 1.40. The summed E-state index contributed by atoms with van der Waals surface area (Å²) in [6.07, 6.45) is 1.08. The molecule has 0 aliphatic carbocycles. The molecule has 0 saturated heterocycles. The average molecular weight is 277 g/mol. The lowest BCUT2D eigenvalue weighted by Crippen LogP contribution is -2.39. The van der Waals surface area contributed by atoms with Crippen molar-refractivity contribution in [3.8, 4) is 0 Å². The molecule has 0 fully saturated rings. The second-order valence-electron chi connectivity index (χ2n) is 5.05. The Labute approximate surface area is 120 Å². The molecule has 1 aromatic carbocycles. The first-order valence-corrected chi connectivity index (χ1v) is 7.06. The second-order valence-corrected chi connectivity index (χ2v) is 5.05. The molecule has 1 rings (SSSR count). The fourth-order valence-electron chi connectivity index (χ4n) is 2.11. The van der Waals surface area contributed by atoms with E-state index in [4.69, 9.17) is 0 Å². The third-order valence-corrected chi connectivity index (χ3v) is 3.58. The molecule has 2 N–H and O–H groups in total. The molecule has 0 aromatic heterocycles. The highest BCUT2D eigenvalue weighted by atomic mass is 16.3. The minimum Gasteiger partial charge on any atom is -0.391 e. The van der Waals surface area contributed by atoms with Gasteiger partial charge in [0, 0.05) is 12.1 Å². The van der Waals surface area contributed by atoms with E-state index in [1.807, 2.05) is 20.8 Å². The van der Waals surface area contributed by atoms with Gasteiger partial charge in [0.2, 0.25) is 5.78 Å². The molecule has 0 aliphatic heterocycles. The van der Waals surface area contributed by atoms with Gasteiger partial charge in [-0.3, -0.25) is 9.59 Å². The topological polar surface area (TPSA) is 66.4 Å². The van der Waals surface area contributed by atoms with E-state index in [1.165, 1.54) is 0 Å². The number of amides is 1. The van der Waals surface area contributed by atoms with Gasteiger partial charge in [-0.1, -0.05) is 56.5 Å². The first kappa shape index (κ1) is 16.4. The number of aliphatic hydroxyl groups is 1. The Morgan fingerprint density at radius 1 is 1.15 bits per heavy atom. The van der Waals surface area contributed by atoms with Crippen LogP contribution in [0.5, 0.6) is 0 Å². The van der Waals surface area contributed by atoms with Crippen LogP contribution in [0.1, 0.15) is 42.6 Å². The third-order valence-electron chi connectivity index (χ3n) is 3.58. The van der Waals surface area contributed by atoms with Crippen molar-refractivity contribution in [3.63, 3.8) is 0 Å². The molecular weight excluding hydrogens is 254 g/mol. The Morgan fingerprint density at radius 2 is 1.70 bits per heavy atom. The molecule has 1 unspecified atom stereocenters. The van der Waals surface area contributed by atoms with Crippen LogP contribution in [-0.4, -0.2) is 29.4 Å². The lowest BCUT2D eigenvalue weighted by Gasteiger charge is -2.20. The number of aryl methyl sites for hydroxylation is 1. The maximum Gasteiger partial charge on any atom is 0.292 e. The van der Waals surface area contributed by atoms with E-state index in [0.29, 0.717) is 5.56 Å². The van der Waals surface area contributed by atoms with Crippen LogP contribution in [0.3, 0.4) is 0 Å². The van der Waals surface area contributed by atoms with Crippen LogP contribution < -0.4 is 5.32 Å². The second kappa shape index (κ2) is 7.80. The van der Waals surface area contributed by atoms with Crippen LogP contribution in [0.15, 0.2) is 24.3 Å².